The number of fused-ring (bicyclic) bond motifs is 2. The highest BCUT2D eigenvalue weighted by Crippen LogP contribution is 2.58. The van der Waals surface area contributed by atoms with Gasteiger partial charge in [-0.3, -0.25) is 14.5 Å². The van der Waals surface area contributed by atoms with Gasteiger partial charge in [-0.25, -0.2) is 24.4 Å². The second kappa shape index (κ2) is 19.0. The quantitative estimate of drug-likeness (QED) is 0.0895. The molecule has 1 spiro atoms. The lowest BCUT2D eigenvalue weighted by atomic mass is 10.0. The molecule has 2 saturated heterocycles. The molecule has 10 rings (SSSR count). The second-order valence-corrected chi connectivity index (χ2v) is 20.0. The highest BCUT2D eigenvalue weighted by Gasteiger charge is 2.55. The Hall–Kier alpha value is -7.57. The zero-order valence-corrected chi connectivity index (χ0v) is 40.7. The van der Waals surface area contributed by atoms with Crippen molar-refractivity contribution in [2.75, 3.05) is 34.1 Å². The summed E-state index contributed by atoms with van der Waals surface area (Å²) in [6.07, 6.45) is 4.27. The lowest BCUT2D eigenvalue weighted by Gasteiger charge is -2.30. The Morgan fingerprint density at radius 3 is 1.65 bits per heavy atom. The summed E-state index contributed by atoms with van der Waals surface area (Å²) in [4.78, 5) is 88.0. The first kappa shape index (κ1) is 47.1. The number of rotatable bonds is 12. The molecule has 19 heteroatoms. The first-order valence-corrected chi connectivity index (χ1v) is 24.2. The molecule has 5 amide bonds. The topological polar surface area (TPSA) is 223 Å². The van der Waals surface area contributed by atoms with E-state index in [0.717, 1.165) is 69.9 Å². The monoisotopic (exact) mass is 969 g/mol. The molecule has 71 heavy (non-hydrogen) atoms. The zero-order valence-electron chi connectivity index (χ0n) is 40.7. The zero-order chi connectivity index (χ0) is 49.7. The average Bonchev–Trinajstić information content (AvgIpc) is 4.12. The molecule has 19 nitrogen and oxygen atoms in total. The summed E-state index contributed by atoms with van der Waals surface area (Å²) < 4.78 is 26.8. The van der Waals surface area contributed by atoms with E-state index in [9.17, 15) is 24.0 Å². The maximum Gasteiger partial charge on any atom is 0.410 e. The van der Waals surface area contributed by atoms with Crippen molar-refractivity contribution >= 4 is 30.1 Å². The van der Waals surface area contributed by atoms with Crippen LogP contribution in [0.15, 0.2) is 73.1 Å². The number of aromatic amines is 2. The molecular weight excluding hydrogens is 911 g/mol. The number of H-pyrrole nitrogens is 2. The average molecular weight is 970 g/mol. The van der Waals surface area contributed by atoms with Gasteiger partial charge in [0, 0.05) is 26.1 Å². The number of methoxy groups -OCH3 is 2. The van der Waals surface area contributed by atoms with E-state index in [-0.39, 0.29) is 54.9 Å². The fraction of sp³-hybridized carbons (Fsp3) is 0.442. The van der Waals surface area contributed by atoms with Crippen molar-refractivity contribution in [2.24, 2.45) is 17.3 Å². The minimum Gasteiger partial charge on any atom is -0.454 e. The number of imidazole rings is 2. The van der Waals surface area contributed by atoms with E-state index in [4.69, 9.17) is 33.7 Å². The molecule has 3 fully saturated rings. The van der Waals surface area contributed by atoms with Gasteiger partial charge in [0.05, 0.1) is 56.6 Å². The molecule has 1 aliphatic carbocycles. The van der Waals surface area contributed by atoms with Crippen molar-refractivity contribution in [2.45, 2.75) is 96.7 Å². The van der Waals surface area contributed by atoms with Gasteiger partial charge in [-0.1, -0.05) is 76.2 Å². The molecule has 2 aromatic heterocycles. The maximum absolute atomic E-state index is 14.3. The van der Waals surface area contributed by atoms with Crippen LogP contribution in [0, 0.1) is 17.3 Å². The standard InChI is InChI=1S/C52H59N9O10/c1-28(2)43(57-49(64)67-5)47(62)60-25-36(71-51(66)59-23-34-17-41-42(70-27-69-41)18-35(34)24-59)19-39(60)45-53-21-37(55-45)32-11-7-30(8-12-32)31-9-13-33(14-10-31)38-22-54-46(56-38)40-20-52(15-16-52)26-61(40)48(63)44(29(3)4)58-50(65)68-6/h7-14,17-18,21-22,28-29,36,39-40,43-44H,15-16,19-20,23-27H2,1-6H3,(H,53,55)(H,54,56)(H,57,64)(H,58,65)/t36?,39?,40?,43-,44-/m0/s1. The van der Waals surface area contributed by atoms with Crippen LogP contribution in [0.5, 0.6) is 11.5 Å². The van der Waals surface area contributed by atoms with Crippen LogP contribution < -0.4 is 20.1 Å². The number of likely N-dealkylation sites (tertiary alicyclic amines) is 2. The van der Waals surface area contributed by atoms with Crippen LogP contribution in [0.3, 0.4) is 0 Å². The van der Waals surface area contributed by atoms with E-state index >= 15 is 0 Å². The Morgan fingerprint density at radius 1 is 0.690 bits per heavy atom. The molecule has 3 unspecified atom stereocenters. The van der Waals surface area contributed by atoms with Crippen molar-refractivity contribution in [3.05, 3.63) is 95.8 Å². The summed E-state index contributed by atoms with van der Waals surface area (Å²) in [6, 6.07) is 17.6. The molecule has 4 aliphatic heterocycles. The summed E-state index contributed by atoms with van der Waals surface area (Å²) in [5, 5.41) is 5.43. The van der Waals surface area contributed by atoms with Crippen molar-refractivity contribution in [1.29, 1.82) is 0 Å². The first-order valence-electron chi connectivity index (χ1n) is 24.2. The van der Waals surface area contributed by atoms with Crippen molar-refractivity contribution < 1.29 is 47.7 Å². The van der Waals surface area contributed by atoms with E-state index < -0.39 is 42.5 Å². The van der Waals surface area contributed by atoms with Gasteiger partial charge in [-0.15, -0.1) is 0 Å². The number of hydrogen-bond acceptors (Lipinski definition) is 12. The predicted octanol–water partition coefficient (Wildman–Crippen LogP) is 7.47. The van der Waals surface area contributed by atoms with E-state index in [0.29, 0.717) is 37.0 Å². The number of carbonyl (C=O) groups excluding carboxylic acids is 5. The fourth-order valence-corrected chi connectivity index (χ4v) is 10.3. The molecule has 372 valence electrons. The minimum absolute atomic E-state index is 0.0931. The molecule has 0 radical (unpaired) electrons. The largest absolute Gasteiger partial charge is 0.454 e. The summed E-state index contributed by atoms with van der Waals surface area (Å²) in [7, 11) is 2.54. The first-order chi connectivity index (χ1) is 34.2. The smallest absolute Gasteiger partial charge is 0.410 e. The Kier molecular flexibility index (Phi) is 12.6. The third-order valence-electron chi connectivity index (χ3n) is 14.6. The number of benzene rings is 3. The highest BCUT2D eigenvalue weighted by molar-refractivity contribution is 5.87. The van der Waals surface area contributed by atoms with Crippen LogP contribution in [0.2, 0.25) is 0 Å². The van der Waals surface area contributed by atoms with Crippen LogP contribution in [-0.4, -0.2) is 117 Å². The summed E-state index contributed by atoms with van der Waals surface area (Å²) in [5.41, 5.74) is 7.43. The molecule has 3 aromatic carbocycles. The number of carbonyl (C=O) groups is 5. The Labute approximate surface area is 410 Å². The molecule has 5 aliphatic rings. The molecule has 0 bridgehead atoms. The Morgan fingerprint density at radius 2 is 1.17 bits per heavy atom. The van der Waals surface area contributed by atoms with Crippen LogP contribution in [0.25, 0.3) is 33.6 Å². The lowest BCUT2D eigenvalue weighted by Crippen LogP contribution is -2.51. The second-order valence-electron chi connectivity index (χ2n) is 20.0. The van der Waals surface area contributed by atoms with Gasteiger partial charge in [0.1, 0.15) is 29.8 Å². The maximum atomic E-state index is 14.3. The number of hydrogen-bond donors (Lipinski definition) is 4. The third-order valence-corrected chi connectivity index (χ3v) is 14.6. The number of alkyl carbamates (subject to hydrolysis) is 2. The number of ether oxygens (including phenoxy) is 5. The van der Waals surface area contributed by atoms with Gasteiger partial charge in [0.15, 0.2) is 11.5 Å². The summed E-state index contributed by atoms with van der Waals surface area (Å²) >= 11 is 0. The Bertz CT molecular complexity index is 2800. The van der Waals surface area contributed by atoms with Crippen LogP contribution >= 0.6 is 0 Å². The van der Waals surface area contributed by atoms with Gasteiger partial charge in [0.25, 0.3) is 0 Å². The van der Waals surface area contributed by atoms with Crippen molar-refractivity contribution in [3.8, 4) is 45.1 Å². The predicted molar refractivity (Wildman–Crippen MR) is 257 cm³/mol. The normalized spacial score (nSPS) is 20.3. The highest BCUT2D eigenvalue weighted by atomic mass is 16.7. The number of aromatic nitrogens is 4. The molecule has 5 atom stereocenters. The number of nitrogens with zero attached hydrogens (tertiary/aromatic N) is 5. The lowest BCUT2D eigenvalue weighted by molar-refractivity contribution is -0.136. The third kappa shape index (κ3) is 9.44. The van der Waals surface area contributed by atoms with E-state index in [1.807, 2.05) is 87.3 Å². The molecule has 6 heterocycles. The van der Waals surface area contributed by atoms with E-state index in [1.54, 1.807) is 16.0 Å². The number of nitrogens with one attached hydrogen (secondary N) is 4. The molecular formula is C52H59N9O10. The summed E-state index contributed by atoms with van der Waals surface area (Å²) in [5.74, 6) is 1.67. The Balaban J connectivity index is 0.818. The van der Waals surface area contributed by atoms with E-state index in [1.165, 1.54) is 14.2 Å². The van der Waals surface area contributed by atoms with Gasteiger partial charge >= 0.3 is 18.3 Å². The van der Waals surface area contributed by atoms with Gasteiger partial charge in [0.2, 0.25) is 18.6 Å². The van der Waals surface area contributed by atoms with Gasteiger partial charge < -0.3 is 54.1 Å². The van der Waals surface area contributed by atoms with Crippen molar-refractivity contribution in [3.63, 3.8) is 0 Å². The van der Waals surface area contributed by atoms with E-state index in [2.05, 4.69) is 32.7 Å². The fourth-order valence-electron chi connectivity index (χ4n) is 10.3. The minimum atomic E-state index is -0.899. The van der Waals surface area contributed by atoms with Gasteiger partial charge in [-0.2, -0.15) is 0 Å². The van der Waals surface area contributed by atoms with Crippen LogP contribution in [0.4, 0.5) is 14.4 Å². The van der Waals surface area contributed by atoms with Crippen LogP contribution in [-0.2, 0) is 36.9 Å². The van der Waals surface area contributed by atoms with Crippen LogP contribution in [0.1, 0.15) is 88.2 Å². The SMILES string of the molecule is COC(=O)N[C@H](C(=O)N1CC(OC(=O)N2Cc3cc4c(cc3C2)OCO4)CC1c1ncc(-c2ccc(-c3ccc(-c4cnc(C5CC6(CC6)CN5C(=O)[C@@H](NC(=O)OC)C(C)C)[nH]4)cc3)cc2)[nH]1)C(C)C. The molecule has 5 aromatic rings. The molecule has 4 N–H and O–H groups in total. The molecule has 1 saturated carbocycles. The number of amides is 5. The van der Waals surface area contributed by atoms with Gasteiger partial charge in [-0.05, 0) is 82.0 Å². The van der Waals surface area contributed by atoms with Crippen molar-refractivity contribution in [1.82, 2.24) is 45.3 Å². The summed E-state index contributed by atoms with van der Waals surface area (Å²) in [6.45, 7) is 9.11.